The van der Waals surface area contributed by atoms with Crippen molar-refractivity contribution in [2.75, 3.05) is 26.8 Å². The Balaban J connectivity index is 2.21. The van der Waals surface area contributed by atoms with Crippen molar-refractivity contribution in [3.05, 3.63) is 29.8 Å². The van der Waals surface area contributed by atoms with Crippen LogP contribution in [-0.2, 0) is 6.42 Å². The third kappa shape index (κ3) is 6.60. The van der Waals surface area contributed by atoms with Gasteiger partial charge in [-0.25, -0.2) is 0 Å². The molecule has 0 aromatic heterocycles. The molecule has 0 bridgehead atoms. The molecule has 1 unspecified atom stereocenters. The molecule has 108 valence electrons. The zero-order chi connectivity index (χ0) is 13.9. The first kappa shape index (κ1) is 16.0. The minimum atomic E-state index is 0.296. The van der Waals surface area contributed by atoms with Gasteiger partial charge in [0.1, 0.15) is 5.75 Å². The summed E-state index contributed by atoms with van der Waals surface area (Å²) < 4.78 is 5.14. The van der Waals surface area contributed by atoms with Gasteiger partial charge in [-0.3, -0.25) is 0 Å². The lowest BCUT2D eigenvalue weighted by molar-refractivity contribution is 0.248. The summed E-state index contributed by atoms with van der Waals surface area (Å²) in [6, 6.07) is 8.22. The molecule has 1 aromatic carbocycles. The second kappa shape index (κ2) is 9.82. The molecule has 19 heavy (non-hydrogen) atoms. The van der Waals surface area contributed by atoms with E-state index in [-0.39, 0.29) is 0 Å². The van der Waals surface area contributed by atoms with Gasteiger partial charge in [0, 0.05) is 6.61 Å². The molecule has 0 fully saturated rings. The van der Waals surface area contributed by atoms with E-state index in [1.807, 2.05) is 12.1 Å². The summed E-state index contributed by atoms with van der Waals surface area (Å²) in [5.74, 6) is 1.51. The van der Waals surface area contributed by atoms with Crippen molar-refractivity contribution in [1.29, 1.82) is 0 Å². The summed E-state index contributed by atoms with van der Waals surface area (Å²) in [5, 5.41) is 12.5. The van der Waals surface area contributed by atoms with E-state index in [2.05, 4.69) is 24.4 Å². The summed E-state index contributed by atoms with van der Waals surface area (Å²) in [6.45, 7) is 4.48. The first-order valence-electron chi connectivity index (χ1n) is 7.24. The fourth-order valence-electron chi connectivity index (χ4n) is 2.27. The Labute approximate surface area is 117 Å². The predicted octanol–water partition coefficient (Wildman–Crippen LogP) is 2.63. The summed E-state index contributed by atoms with van der Waals surface area (Å²) in [4.78, 5) is 0. The topological polar surface area (TPSA) is 41.5 Å². The minimum absolute atomic E-state index is 0.296. The smallest absolute Gasteiger partial charge is 0.118 e. The van der Waals surface area contributed by atoms with Gasteiger partial charge >= 0.3 is 0 Å². The molecule has 0 aliphatic carbocycles. The molecule has 3 nitrogen and oxygen atoms in total. The van der Waals surface area contributed by atoms with Crippen LogP contribution in [0.5, 0.6) is 5.75 Å². The first-order valence-corrected chi connectivity index (χ1v) is 7.24. The van der Waals surface area contributed by atoms with Crippen LogP contribution in [0.4, 0.5) is 0 Å². The standard InChI is InChI=1S/C16H27NO2/c1-3-4-15(10-12-18)13-17-11-9-14-5-7-16(19-2)8-6-14/h5-8,15,17-18H,3-4,9-13H2,1-2H3. The van der Waals surface area contributed by atoms with Crippen LogP contribution in [-0.4, -0.2) is 31.9 Å². The van der Waals surface area contributed by atoms with E-state index in [0.717, 1.165) is 31.7 Å². The van der Waals surface area contributed by atoms with Crippen molar-refractivity contribution < 1.29 is 9.84 Å². The third-order valence-corrected chi connectivity index (χ3v) is 3.42. The van der Waals surface area contributed by atoms with Crippen molar-refractivity contribution in [2.45, 2.75) is 32.6 Å². The lowest BCUT2D eigenvalue weighted by Crippen LogP contribution is -2.25. The molecule has 0 spiro atoms. The predicted molar refractivity (Wildman–Crippen MR) is 79.7 cm³/mol. The molecular weight excluding hydrogens is 238 g/mol. The highest BCUT2D eigenvalue weighted by Gasteiger charge is 2.06. The Morgan fingerprint density at radius 3 is 2.53 bits per heavy atom. The molecule has 0 aliphatic heterocycles. The lowest BCUT2D eigenvalue weighted by atomic mass is 10.0. The van der Waals surface area contributed by atoms with E-state index >= 15 is 0 Å². The number of hydrogen-bond donors (Lipinski definition) is 2. The van der Waals surface area contributed by atoms with Crippen LogP contribution in [0.15, 0.2) is 24.3 Å². The van der Waals surface area contributed by atoms with E-state index in [9.17, 15) is 0 Å². The molecule has 0 amide bonds. The van der Waals surface area contributed by atoms with Crippen molar-refractivity contribution in [3.63, 3.8) is 0 Å². The van der Waals surface area contributed by atoms with Gasteiger partial charge in [-0.1, -0.05) is 25.5 Å². The van der Waals surface area contributed by atoms with Crippen molar-refractivity contribution in [3.8, 4) is 5.75 Å². The lowest BCUT2D eigenvalue weighted by Gasteiger charge is -2.15. The Morgan fingerprint density at radius 1 is 1.21 bits per heavy atom. The van der Waals surface area contributed by atoms with Crippen LogP contribution in [0.2, 0.25) is 0 Å². The highest BCUT2D eigenvalue weighted by molar-refractivity contribution is 5.27. The first-order chi connectivity index (χ1) is 9.30. The number of methoxy groups -OCH3 is 1. The van der Waals surface area contributed by atoms with Crippen molar-refractivity contribution in [2.24, 2.45) is 5.92 Å². The fourth-order valence-corrected chi connectivity index (χ4v) is 2.27. The Bertz CT molecular complexity index is 318. The molecule has 0 radical (unpaired) electrons. The summed E-state index contributed by atoms with van der Waals surface area (Å²) in [5.41, 5.74) is 1.32. The maximum Gasteiger partial charge on any atom is 0.118 e. The van der Waals surface area contributed by atoms with Crippen molar-refractivity contribution >= 4 is 0 Å². The number of aliphatic hydroxyl groups is 1. The van der Waals surface area contributed by atoms with E-state index in [0.29, 0.717) is 12.5 Å². The number of rotatable bonds is 10. The molecule has 0 heterocycles. The van der Waals surface area contributed by atoms with Gasteiger partial charge in [0.2, 0.25) is 0 Å². The van der Waals surface area contributed by atoms with E-state index in [4.69, 9.17) is 9.84 Å². The highest BCUT2D eigenvalue weighted by atomic mass is 16.5. The quantitative estimate of drug-likeness (QED) is 0.639. The number of nitrogens with one attached hydrogen (secondary N) is 1. The molecule has 3 heteroatoms. The van der Waals surface area contributed by atoms with Gasteiger partial charge in [0.15, 0.2) is 0 Å². The van der Waals surface area contributed by atoms with Crippen LogP contribution in [0.1, 0.15) is 31.7 Å². The molecule has 0 aliphatic rings. The Hall–Kier alpha value is -1.06. The molecule has 1 aromatic rings. The van der Waals surface area contributed by atoms with Gasteiger partial charge < -0.3 is 15.2 Å². The molecule has 1 rings (SSSR count). The zero-order valence-corrected chi connectivity index (χ0v) is 12.2. The monoisotopic (exact) mass is 265 g/mol. The summed E-state index contributed by atoms with van der Waals surface area (Å²) in [7, 11) is 1.69. The van der Waals surface area contributed by atoms with Crippen molar-refractivity contribution in [1.82, 2.24) is 5.32 Å². The van der Waals surface area contributed by atoms with Crippen LogP contribution < -0.4 is 10.1 Å². The van der Waals surface area contributed by atoms with Crippen LogP contribution in [0.3, 0.4) is 0 Å². The number of benzene rings is 1. The molecule has 0 saturated carbocycles. The second-order valence-electron chi connectivity index (χ2n) is 4.97. The average molecular weight is 265 g/mol. The number of aliphatic hydroxyl groups excluding tert-OH is 1. The maximum atomic E-state index is 9.01. The van der Waals surface area contributed by atoms with Gasteiger partial charge in [-0.2, -0.15) is 0 Å². The second-order valence-corrected chi connectivity index (χ2v) is 4.97. The van der Waals surface area contributed by atoms with Gasteiger partial charge in [0.25, 0.3) is 0 Å². The normalized spacial score (nSPS) is 12.4. The highest BCUT2D eigenvalue weighted by Crippen LogP contribution is 2.12. The SMILES string of the molecule is CCCC(CCO)CNCCc1ccc(OC)cc1. The summed E-state index contributed by atoms with van der Waals surface area (Å²) >= 11 is 0. The van der Waals surface area contributed by atoms with Gasteiger partial charge in [0.05, 0.1) is 7.11 Å². The Morgan fingerprint density at radius 2 is 1.95 bits per heavy atom. The maximum absolute atomic E-state index is 9.01. The zero-order valence-electron chi connectivity index (χ0n) is 12.2. The van der Waals surface area contributed by atoms with E-state index in [1.54, 1.807) is 7.11 Å². The van der Waals surface area contributed by atoms with Gasteiger partial charge in [-0.05, 0) is 56.0 Å². The molecule has 0 saturated heterocycles. The number of hydrogen-bond acceptors (Lipinski definition) is 3. The van der Waals surface area contributed by atoms with E-state index in [1.165, 1.54) is 18.4 Å². The average Bonchev–Trinajstić information content (AvgIpc) is 2.44. The molecule has 1 atom stereocenters. The molecule has 2 N–H and O–H groups in total. The van der Waals surface area contributed by atoms with Crippen LogP contribution in [0, 0.1) is 5.92 Å². The third-order valence-electron chi connectivity index (χ3n) is 3.42. The van der Waals surface area contributed by atoms with E-state index < -0.39 is 0 Å². The van der Waals surface area contributed by atoms with Gasteiger partial charge in [-0.15, -0.1) is 0 Å². The molecular formula is C16H27NO2. The minimum Gasteiger partial charge on any atom is -0.497 e. The fraction of sp³-hybridized carbons (Fsp3) is 0.625. The number of ether oxygens (including phenoxy) is 1. The Kier molecular flexibility index (Phi) is 8.26. The van der Waals surface area contributed by atoms with Crippen LogP contribution in [0.25, 0.3) is 0 Å². The largest absolute Gasteiger partial charge is 0.497 e. The van der Waals surface area contributed by atoms with Crippen LogP contribution >= 0.6 is 0 Å². The summed E-state index contributed by atoms with van der Waals surface area (Å²) in [6.07, 6.45) is 4.31.